The van der Waals surface area contributed by atoms with Crippen LogP contribution in [0.4, 0.5) is 8.78 Å². The van der Waals surface area contributed by atoms with Crippen molar-refractivity contribution in [3.8, 4) is 11.8 Å². The molecule has 108 valence electrons. The summed E-state index contributed by atoms with van der Waals surface area (Å²) < 4.78 is 32.2. The highest BCUT2D eigenvalue weighted by atomic mass is 19.1. The van der Waals surface area contributed by atoms with Crippen molar-refractivity contribution in [1.29, 1.82) is 5.26 Å². The Kier molecular flexibility index (Phi) is 4.51. The Morgan fingerprint density at radius 3 is 2.62 bits per heavy atom. The van der Waals surface area contributed by atoms with Crippen molar-refractivity contribution in [3.05, 3.63) is 64.7 Å². The molecule has 0 aromatic heterocycles. The maximum atomic E-state index is 13.8. The molecule has 0 saturated heterocycles. The van der Waals surface area contributed by atoms with Crippen molar-refractivity contribution in [2.45, 2.75) is 19.6 Å². The highest BCUT2D eigenvalue weighted by Crippen LogP contribution is 2.23. The van der Waals surface area contributed by atoms with Crippen molar-refractivity contribution in [3.63, 3.8) is 0 Å². The Bertz CT molecular complexity index is 693. The Morgan fingerprint density at radius 1 is 1.24 bits per heavy atom. The highest BCUT2D eigenvalue weighted by molar-refractivity contribution is 5.38. The van der Waals surface area contributed by atoms with E-state index in [4.69, 9.17) is 10.00 Å². The first-order chi connectivity index (χ1) is 10.0. The van der Waals surface area contributed by atoms with Crippen LogP contribution in [-0.2, 0) is 6.61 Å². The topological polar surface area (TPSA) is 53.2 Å². The molecule has 21 heavy (non-hydrogen) atoms. The molecule has 0 aliphatic rings. The van der Waals surface area contributed by atoms with Gasteiger partial charge in [0.1, 0.15) is 12.4 Å². The van der Waals surface area contributed by atoms with Crippen LogP contribution in [0, 0.1) is 23.0 Å². The van der Waals surface area contributed by atoms with Crippen LogP contribution in [-0.4, -0.2) is 5.11 Å². The van der Waals surface area contributed by atoms with Crippen molar-refractivity contribution < 1.29 is 18.6 Å². The number of aliphatic hydroxyl groups is 1. The van der Waals surface area contributed by atoms with Crippen LogP contribution in [0.3, 0.4) is 0 Å². The number of rotatable bonds is 4. The van der Waals surface area contributed by atoms with Crippen molar-refractivity contribution >= 4 is 0 Å². The smallest absolute Gasteiger partial charge is 0.165 e. The maximum Gasteiger partial charge on any atom is 0.165 e. The van der Waals surface area contributed by atoms with Gasteiger partial charge in [-0.1, -0.05) is 6.07 Å². The predicted octanol–water partition coefficient (Wildman–Crippen LogP) is 3.47. The summed E-state index contributed by atoms with van der Waals surface area (Å²) in [5, 5.41) is 18.3. The molecule has 1 unspecified atom stereocenters. The number of nitrogens with zero attached hydrogens (tertiary/aromatic N) is 1. The van der Waals surface area contributed by atoms with E-state index in [0.717, 1.165) is 0 Å². The largest absolute Gasteiger partial charge is 0.486 e. The molecule has 0 fully saturated rings. The number of hydrogen-bond acceptors (Lipinski definition) is 3. The summed E-state index contributed by atoms with van der Waals surface area (Å²) in [5.74, 6) is -1.13. The number of aliphatic hydroxyl groups excluding tert-OH is 1. The van der Waals surface area contributed by atoms with Gasteiger partial charge < -0.3 is 9.84 Å². The first-order valence-electron chi connectivity index (χ1n) is 6.30. The summed E-state index contributed by atoms with van der Waals surface area (Å²) in [4.78, 5) is 0. The van der Waals surface area contributed by atoms with Crippen LogP contribution in [0.15, 0.2) is 36.4 Å². The van der Waals surface area contributed by atoms with Gasteiger partial charge in [0.05, 0.1) is 17.7 Å². The fourth-order valence-electron chi connectivity index (χ4n) is 1.84. The molecule has 0 bridgehead atoms. The zero-order chi connectivity index (χ0) is 15.4. The molecular weight excluding hydrogens is 276 g/mol. The van der Waals surface area contributed by atoms with Gasteiger partial charge in [0.25, 0.3) is 0 Å². The molecule has 0 aliphatic carbocycles. The van der Waals surface area contributed by atoms with E-state index < -0.39 is 17.7 Å². The molecule has 2 aromatic carbocycles. The van der Waals surface area contributed by atoms with E-state index in [0.29, 0.717) is 11.1 Å². The van der Waals surface area contributed by atoms with Gasteiger partial charge in [-0.05, 0) is 42.8 Å². The normalized spacial score (nSPS) is 11.8. The van der Waals surface area contributed by atoms with Gasteiger partial charge in [-0.25, -0.2) is 8.78 Å². The average Bonchev–Trinajstić information content (AvgIpc) is 2.46. The van der Waals surface area contributed by atoms with Gasteiger partial charge in [0.15, 0.2) is 11.6 Å². The van der Waals surface area contributed by atoms with Crippen LogP contribution >= 0.6 is 0 Å². The molecule has 2 rings (SSSR count). The molecule has 0 saturated carbocycles. The first kappa shape index (κ1) is 14.9. The fraction of sp³-hybridized carbons (Fsp3) is 0.188. The quantitative estimate of drug-likeness (QED) is 0.937. The molecule has 2 aromatic rings. The standard InChI is InChI=1S/C16H13F2NO2/c1-10(20)11-3-5-16(15(18)7-11)21-9-13-6-14(17)4-2-12(13)8-19/h2-7,10,20H,9H2,1H3. The zero-order valence-electron chi connectivity index (χ0n) is 11.3. The first-order valence-corrected chi connectivity index (χ1v) is 6.30. The predicted molar refractivity (Wildman–Crippen MR) is 72.5 cm³/mol. The molecule has 0 spiro atoms. The summed E-state index contributed by atoms with van der Waals surface area (Å²) in [6, 6.07) is 9.74. The highest BCUT2D eigenvalue weighted by Gasteiger charge is 2.10. The Labute approximate surface area is 121 Å². The van der Waals surface area contributed by atoms with E-state index in [-0.39, 0.29) is 17.9 Å². The van der Waals surface area contributed by atoms with Crippen LogP contribution in [0.1, 0.15) is 29.7 Å². The summed E-state index contributed by atoms with van der Waals surface area (Å²) in [5.41, 5.74) is 1.05. The minimum Gasteiger partial charge on any atom is -0.486 e. The molecule has 1 N–H and O–H groups in total. The number of nitriles is 1. The van der Waals surface area contributed by atoms with Crippen LogP contribution in [0.25, 0.3) is 0 Å². The SMILES string of the molecule is CC(O)c1ccc(OCc2cc(F)ccc2C#N)c(F)c1. The summed E-state index contributed by atoms with van der Waals surface area (Å²) in [6.07, 6.45) is -0.776. The van der Waals surface area contributed by atoms with E-state index in [2.05, 4.69) is 0 Å². The summed E-state index contributed by atoms with van der Waals surface area (Å²) in [7, 11) is 0. The second-order valence-electron chi connectivity index (χ2n) is 4.57. The third-order valence-corrected chi connectivity index (χ3v) is 3.01. The van der Waals surface area contributed by atoms with E-state index >= 15 is 0 Å². The Morgan fingerprint density at radius 2 is 2.00 bits per heavy atom. The maximum absolute atomic E-state index is 13.8. The number of hydrogen-bond donors (Lipinski definition) is 1. The molecule has 0 heterocycles. The number of benzene rings is 2. The third kappa shape index (κ3) is 3.56. The van der Waals surface area contributed by atoms with Gasteiger partial charge >= 0.3 is 0 Å². The molecule has 1 atom stereocenters. The number of ether oxygens (including phenoxy) is 1. The van der Waals surface area contributed by atoms with E-state index in [1.54, 1.807) is 6.07 Å². The molecule has 0 radical (unpaired) electrons. The van der Waals surface area contributed by atoms with Crippen LogP contribution < -0.4 is 4.74 Å². The molecule has 0 aliphatic heterocycles. The summed E-state index contributed by atoms with van der Waals surface area (Å²) in [6.45, 7) is 1.41. The van der Waals surface area contributed by atoms with E-state index in [1.807, 2.05) is 6.07 Å². The molecular formula is C16H13F2NO2. The van der Waals surface area contributed by atoms with Gasteiger partial charge in [-0.3, -0.25) is 0 Å². The Balaban J connectivity index is 2.17. The second-order valence-corrected chi connectivity index (χ2v) is 4.57. The minimum atomic E-state index is -0.776. The fourth-order valence-corrected chi connectivity index (χ4v) is 1.84. The zero-order valence-corrected chi connectivity index (χ0v) is 11.3. The second kappa shape index (κ2) is 6.33. The van der Waals surface area contributed by atoms with Crippen molar-refractivity contribution in [2.24, 2.45) is 0 Å². The number of halogens is 2. The lowest BCUT2D eigenvalue weighted by Crippen LogP contribution is -2.01. The lowest BCUT2D eigenvalue weighted by Gasteiger charge is -2.11. The van der Waals surface area contributed by atoms with Crippen LogP contribution in [0.5, 0.6) is 5.75 Å². The summed E-state index contributed by atoms with van der Waals surface area (Å²) >= 11 is 0. The van der Waals surface area contributed by atoms with Crippen molar-refractivity contribution in [2.75, 3.05) is 0 Å². The van der Waals surface area contributed by atoms with Crippen LogP contribution in [0.2, 0.25) is 0 Å². The van der Waals surface area contributed by atoms with Gasteiger partial charge in [-0.2, -0.15) is 5.26 Å². The lowest BCUT2D eigenvalue weighted by molar-refractivity contribution is 0.198. The van der Waals surface area contributed by atoms with Crippen molar-refractivity contribution in [1.82, 2.24) is 0 Å². The van der Waals surface area contributed by atoms with Gasteiger partial charge in [0.2, 0.25) is 0 Å². The molecule has 3 nitrogen and oxygen atoms in total. The lowest BCUT2D eigenvalue weighted by atomic mass is 10.1. The monoisotopic (exact) mass is 289 g/mol. The molecule has 0 amide bonds. The van der Waals surface area contributed by atoms with E-state index in [9.17, 15) is 13.9 Å². The van der Waals surface area contributed by atoms with Gasteiger partial charge in [0, 0.05) is 5.56 Å². The minimum absolute atomic E-state index is 0.0208. The Hall–Kier alpha value is -2.45. The van der Waals surface area contributed by atoms with Gasteiger partial charge in [-0.15, -0.1) is 0 Å². The average molecular weight is 289 g/mol. The van der Waals surface area contributed by atoms with E-state index in [1.165, 1.54) is 37.3 Å². The third-order valence-electron chi connectivity index (χ3n) is 3.01. The molecule has 5 heteroatoms.